The second-order valence-electron chi connectivity index (χ2n) is 8.23. The molecule has 2 amide bonds. The van der Waals surface area contributed by atoms with Crippen LogP contribution in [0.15, 0.2) is 48.5 Å². The summed E-state index contributed by atoms with van der Waals surface area (Å²) in [6.07, 6.45) is 4.20. The summed E-state index contributed by atoms with van der Waals surface area (Å²) in [6, 6.07) is 13.1. The van der Waals surface area contributed by atoms with Gasteiger partial charge in [-0.2, -0.15) is 0 Å². The lowest BCUT2D eigenvalue weighted by atomic mass is 10.1. The molecule has 0 bridgehead atoms. The van der Waals surface area contributed by atoms with E-state index in [1.54, 1.807) is 36.1 Å². The van der Waals surface area contributed by atoms with Crippen LogP contribution in [-0.4, -0.2) is 39.5 Å². The fourth-order valence-electron chi connectivity index (χ4n) is 3.81. The van der Waals surface area contributed by atoms with E-state index in [4.69, 9.17) is 11.6 Å². The van der Waals surface area contributed by atoms with E-state index in [9.17, 15) is 19.7 Å². The molecule has 1 fully saturated rings. The Balaban J connectivity index is 1.63. The lowest BCUT2D eigenvalue weighted by Crippen LogP contribution is -2.50. The maximum absolute atomic E-state index is 13.1. The molecule has 0 spiro atoms. The quantitative estimate of drug-likeness (QED) is 0.376. The number of non-ortho nitro benzene ring substituents is 1. The maximum Gasteiger partial charge on any atom is 0.269 e. The Bertz CT molecular complexity index is 963. The molecule has 176 valence electrons. The second kappa shape index (κ2) is 12.0. The first-order valence-electron chi connectivity index (χ1n) is 11.0. The number of halogens is 1. The first-order valence-corrected chi connectivity index (χ1v) is 12.5. The van der Waals surface area contributed by atoms with E-state index in [0.717, 1.165) is 36.8 Å². The molecule has 2 aromatic rings. The third-order valence-corrected chi connectivity index (χ3v) is 7.02. The van der Waals surface area contributed by atoms with Crippen LogP contribution in [0.2, 0.25) is 5.02 Å². The van der Waals surface area contributed by atoms with E-state index in [-0.39, 0.29) is 29.3 Å². The van der Waals surface area contributed by atoms with Crippen LogP contribution in [0.25, 0.3) is 0 Å². The SMILES string of the molecule is CC(C(=O)NC1CCCC1)N(Cc1ccc(Cl)cc1)C(=O)CSCc1ccc([N+](=O)[O-])cc1. The lowest BCUT2D eigenvalue weighted by Gasteiger charge is -2.29. The van der Waals surface area contributed by atoms with Gasteiger partial charge in [0.2, 0.25) is 11.8 Å². The molecular weight excluding hydrogens is 462 g/mol. The zero-order valence-corrected chi connectivity index (χ0v) is 20.1. The summed E-state index contributed by atoms with van der Waals surface area (Å²) < 4.78 is 0. The van der Waals surface area contributed by atoms with Crippen LogP contribution in [0.1, 0.15) is 43.7 Å². The molecule has 7 nitrogen and oxygen atoms in total. The highest BCUT2D eigenvalue weighted by Gasteiger charge is 2.28. The summed E-state index contributed by atoms with van der Waals surface area (Å²) in [6.45, 7) is 2.08. The summed E-state index contributed by atoms with van der Waals surface area (Å²) in [5, 5.41) is 14.5. The maximum atomic E-state index is 13.1. The Labute approximate surface area is 203 Å². The third-order valence-electron chi connectivity index (χ3n) is 5.78. The minimum absolute atomic E-state index is 0.0380. The van der Waals surface area contributed by atoms with Gasteiger partial charge in [0.1, 0.15) is 6.04 Å². The first-order chi connectivity index (χ1) is 15.8. The first kappa shape index (κ1) is 25.1. The number of amides is 2. The van der Waals surface area contributed by atoms with Crippen molar-refractivity contribution >= 4 is 40.9 Å². The smallest absolute Gasteiger partial charge is 0.269 e. The molecule has 1 aliphatic carbocycles. The highest BCUT2D eigenvalue weighted by molar-refractivity contribution is 7.99. The largest absolute Gasteiger partial charge is 0.352 e. The van der Waals surface area contributed by atoms with Crippen molar-refractivity contribution in [1.82, 2.24) is 10.2 Å². The fourth-order valence-corrected chi connectivity index (χ4v) is 4.81. The molecule has 9 heteroatoms. The molecule has 33 heavy (non-hydrogen) atoms. The van der Waals surface area contributed by atoms with Crippen molar-refractivity contribution in [3.05, 3.63) is 74.8 Å². The Morgan fingerprint density at radius 1 is 1.12 bits per heavy atom. The number of nitro groups is 1. The van der Waals surface area contributed by atoms with Crippen LogP contribution in [0.5, 0.6) is 0 Å². The van der Waals surface area contributed by atoms with Gasteiger partial charge in [-0.3, -0.25) is 19.7 Å². The predicted molar refractivity (Wildman–Crippen MR) is 131 cm³/mol. The number of thioether (sulfide) groups is 1. The molecule has 0 saturated heterocycles. The van der Waals surface area contributed by atoms with Crippen LogP contribution in [0, 0.1) is 10.1 Å². The van der Waals surface area contributed by atoms with Gasteiger partial charge in [-0.1, -0.05) is 48.7 Å². The number of nitrogens with zero attached hydrogens (tertiary/aromatic N) is 2. The highest BCUT2D eigenvalue weighted by atomic mass is 35.5. The minimum Gasteiger partial charge on any atom is -0.352 e. The number of hydrogen-bond acceptors (Lipinski definition) is 5. The van der Waals surface area contributed by atoms with E-state index in [0.29, 0.717) is 17.3 Å². The summed E-state index contributed by atoms with van der Waals surface area (Å²) >= 11 is 7.41. The Morgan fingerprint density at radius 2 is 1.73 bits per heavy atom. The van der Waals surface area contributed by atoms with Gasteiger partial charge in [0, 0.05) is 35.5 Å². The van der Waals surface area contributed by atoms with Crippen LogP contribution in [0.4, 0.5) is 5.69 Å². The van der Waals surface area contributed by atoms with E-state index >= 15 is 0 Å². The van der Waals surface area contributed by atoms with Gasteiger partial charge in [-0.25, -0.2) is 0 Å². The van der Waals surface area contributed by atoms with Gasteiger partial charge in [-0.05, 0) is 43.0 Å². The predicted octanol–water partition coefficient (Wildman–Crippen LogP) is 4.96. The molecule has 1 N–H and O–H groups in total. The standard InChI is InChI=1S/C24H28ClN3O4S/c1-17(24(30)26-21-4-2-3-5-21)27(14-18-6-10-20(25)11-7-18)23(29)16-33-15-19-8-12-22(13-9-19)28(31)32/h6-13,17,21H,2-5,14-16H2,1H3,(H,26,30). The Kier molecular flexibility index (Phi) is 9.14. The molecule has 1 aliphatic rings. The van der Waals surface area contributed by atoms with Crippen LogP contribution >= 0.6 is 23.4 Å². The normalized spacial score (nSPS) is 14.6. The summed E-state index contributed by atoms with van der Waals surface area (Å²) in [5.74, 6) is 0.475. The van der Waals surface area contributed by atoms with Gasteiger partial charge in [0.15, 0.2) is 0 Å². The van der Waals surface area contributed by atoms with Crippen LogP contribution in [-0.2, 0) is 21.9 Å². The van der Waals surface area contributed by atoms with Crippen molar-refractivity contribution in [3.63, 3.8) is 0 Å². The molecule has 1 unspecified atom stereocenters. The van der Waals surface area contributed by atoms with Crippen molar-refractivity contribution < 1.29 is 14.5 Å². The average Bonchev–Trinajstić information content (AvgIpc) is 3.31. The van der Waals surface area contributed by atoms with Crippen molar-refractivity contribution in [1.29, 1.82) is 0 Å². The molecule has 0 radical (unpaired) electrons. The van der Waals surface area contributed by atoms with Crippen molar-refractivity contribution in [2.75, 3.05) is 5.75 Å². The number of carbonyl (C=O) groups is 2. The summed E-state index contributed by atoms with van der Waals surface area (Å²) in [7, 11) is 0. The van der Waals surface area contributed by atoms with Gasteiger partial charge < -0.3 is 10.2 Å². The van der Waals surface area contributed by atoms with Crippen molar-refractivity contribution in [3.8, 4) is 0 Å². The van der Waals surface area contributed by atoms with Gasteiger partial charge >= 0.3 is 0 Å². The number of carbonyl (C=O) groups excluding carboxylic acids is 2. The minimum atomic E-state index is -0.603. The molecule has 1 saturated carbocycles. The Morgan fingerprint density at radius 3 is 2.33 bits per heavy atom. The lowest BCUT2D eigenvalue weighted by molar-refractivity contribution is -0.384. The third kappa shape index (κ3) is 7.47. The van der Waals surface area contributed by atoms with E-state index in [1.165, 1.54) is 23.9 Å². The number of nitrogens with one attached hydrogen (secondary N) is 1. The number of nitro benzene ring substituents is 1. The zero-order valence-electron chi connectivity index (χ0n) is 18.5. The van der Waals surface area contributed by atoms with Crippen LogP contribution in [0.3, 0.4) is 0 Å². The topological polar surface area (TPSA) is 92.6 Å². The molecule has 3 rings (SSSR count). The summed E-state index contributed by atoms with van der Waals surface area (Å²) in [5.41, 5.74) is 1.83. The van der Waals surface area contributed by atoms with E-state index < -0.39 is 11.0 Å². The molecular formula is C24H28ClN3O4S. The van der Waals surface area contributed by atoms with Crippen LogP contribution < -0.4 is 5.32 Å². The van der Waals surface area contributed by atoms with Gasteiger partial charge in [-0.15, -0.1) is 11.8 Å². The monoisotopic (exact) mass is 489 g/mol. The molecule has 0 aliphatic heterocycles. The van der Waals surface area contributed by atoms with E-state index in [2.05, 4.69) is 5.32 Å². The second-order valence-corrected chi connectivity index (χ2v) is 9.65. The molecule has 0 heterocycles. The molecule has 2 aromatic carbocycles. The number of hydrogen-bond donors (Lipinski definition) is 1. The molecule has 0 aromatic heterocycles. The van der Waals surface area contributed by atoms with Crippen molar-refractivity contribution in [2.45, 2.75) is 57.0 Å². The van der Waals surface area contributed by atoms with Gasteiger partial charge in [0.05, 0.1) is 10.7 Å². The van der Waals surface area contributed by atoms with Gasteiger partial charge in [0.25, 0.3) is 5.69 Å². The molecule has 1 atom stereocenters. The summed E-state index contributed by atoms with van der Waals surface area (Å²) in [4.78, 5) is 38.0. The average molecular weight is 490 g/mol. The fraction of sp³-hybridized carbons (Fsp3) is 0.417. The van der Waals surface area contributed by atoms with E-state index in [1.807, 2.05) is 12.1 Å². The van der Waals surface area contributed by atoms with Crippen molar-refractivity contribution in [2.24, 2.45) is 0 Å². The Hall–Kier alpha value is -2.58. The number of benzene rings is 2. The zero-order chi connectivity index (χ0) is 23.8. The highest BCUT2D eigenvalue weighted by Crippen LogP contribution is 2.21. The number of rotatable bonds is 10.